The molecule has 20 heavy (non-hydrogen) atoms. The topological polar surface area (TPSA) is 76.8 Å². The van der Waals surface area contributed by atoms with Crippen LogP contribution in [0.1, 0.15) is 17.0 Å². The number of benzene rings is 1. The van der Waals surface area contributed by atoms with E-state index in [1.165, 1.54) is 0 Å². The van der Waals surface area contributed by atoms with Crippen molar-refractivity contribution in [3.8, 4) is 17.6 Å². The smallest absolute Gasteiger partial charge is 0.208 e. The van der Waals surface area contributed by atoms with Gasteiger partial charge in [0.15, 0.2) is 0 Å². The standard InChI is InChI=1S/C14H16N4OS/c1-10-16-14(18-17-10)20-9-11-5-6-13(19-2)12(8-11)4-3-7-15/h5-6,8H,7,9,15H2,1-2H3,(H,16,17,18). The van der Waals surface area contributed by atoms with E-state index in [1.807, 2.05) is 25.1 Å². The van der Waals surface area contributed by atoms with E-state index in [9.17, 15) is 0 Å². The largest absolute Gasteiger partial charge is 0.495 e. The molecule has 6 heteroatoms. The van der Waals surface area contributed by atoms with Gasteiger partial charge in [0, 0.05) is 5.75 Å². The molecule has 0 aliphatic carbocycles. The van der Waals surface area contributed by atoms with Crippen LogP contribution in [0, 0.1) is 18.8 Å². The zero-order chi connectivity index (χ0) is 14.4. The third kappa shape index (κ3) is 3.76. The molecule has 2 aromatic rings. The molecule has 0 aliphatic rings. The molecule has 2 rings (SSSR count). The fourth-order valence-electron chi connectivity index (χ4n) is 1.62. The summed E-state index contributed by atoms with van der Waals surface area (Å²) in [6.45, 7) is 2.21. The third-order valence-electron chi connectivity index (χ3n) is 2.53. The quantitative estimate of drug-likeness (QED) is 0.662. The maximum atomic E-state index is 5.40. The molecular formula is C14H16N4OS. The van der Waals surface area contributed by atoms with Gasteiger partial charge in [0.1, 0.15) is 11.6 Å². The molecule has 0 atom stereocenters. The lowest BCUT2D eigenvalue weighted by molar-refractivity contribution is 0.413. The van der Waals surface area contributed by atoms with E-state index in [4.69, 9.17) is 10.5 Å². The van der Waals surface area contributed by atoms with Crippen molar-refractivity contribution in [2.45, 2.75) is 17.8 Å². The molecule has 0 amide bonds. The number of aromatic nitrogens is 3. The number of nitrogens with one attached hydrogen (secondary N) is 1. The summed E-state index contributed by atoms with van der Waals surface area (Å²) in [5, 5.41) is 7.66. The second-order valence-electron chi connectivity index (χ2n) is 4.03. The number of ether oxygens (including phenoxy) is 1. The number of nitrogens with zero attached hydrogens (tertiary/aromatic N) is 2. The second kappa shape index (κ2) is 6.98. The summed E-state index contributed by atoms with van der Waals surface area (Å²) < 4.78 is 5.28. The number of aryl methyl sites for hydroxylation is 1. The summed E-state index contributed by atoms with van der Waals surface area (Å²) in [4.78, 5) is 4.26. The molecule has 0 spiro atoms. The Labute approximate surface area is 122 Å². The van der Waals surface area contributed by atoms with Gasteiger partial charge in [0.25, 0.3) is 0 Å². The van der Waals surface area contributed by atoms with Gasteiger partial charge in [-0.05, 0) is 24.6 Å². The fourth-order valence-corrected chi connectivity index (χ4v) is 2.41. The normalized spacial score (nSPS) is 9.95. The Morgan fingerprint density at radius 2 is 2.30 bits per heavy atom. The Hall–Kier alpha value is -1.97. The second-order valence-corrected chi connectivity index (χ2v) is 4.98. The van der Waals surface area contributed by atoms with Crippen molar-refractivity contribution in [3.63, 3.8) is 0 Å². The predicted octanol–water partition coefficient (Wildman–Crippen LogP) is 1.72. The summed E-state index contributed by atoms with van der Waals surface area (Å²) in [7, 11) is 1.63. The summed E-state index contributed by atoms with van der Waals surface area (Å²) in [6, 6.07) is 5.94. The molecule has 0 aliphatic heterocycles. The number of methoxy groups -OCH3 is 1. The summed E-state index contributed by atoms with van der Waals surface area (Å²) in [5.41, 5.74) is 7.39. The molecule has 1 aromatic carbocycles. The van der Waals surface area contributed by atoms with Gasteiger partial charge in [-0.2, -0.15) is 0 Å². The van der Waals surface area contributed by atoms with Crippen LogP contribution in [-0.4, -0.2) is 28.8 Å². The van der Waals surface area contributed by atoms with Gasteiger partial charge >= 0.3 is 0 Å². The molecule has 0 saturated carbocycles. The first-order chi connectivity index (χ1) is 9.72. The SMILES string of the molecule is COc1ccc(CSc2n[nH]c(C)n2)cc1C#CCN. The Morgan fingerprint density at radius 1 is 1.45 bits per heavy atom. The molecule has 0 bridgehead atoms. The maximum absolute atomic E-state index is 5.40. The number of rotatable bonds is 4. The van der Waals surface area contributed by atoms with E-state index < -0.39 is 0 Å². The number of hydrogen-bond acceptors (Lipinski definition) is 5. The van der Waals surface area contributed by atoms with Crippen LogP contribution in [0.5, 0.6) is 5.75 Å². The molecule has 0 fully saturated rings. The van der Waals surface area contributed by atoms with Crippen molar-refractivity contribution in [1.29, 1.82) is 0 Å². The average Bonchev–Trinajstić information content (AvgIpc) is 2.88. The highest BCUT2D eigenvalue weighted by Crippen LogP contribution is 2.24. The van der Waals surface area contributed by atoms with E-state index in [0.717, 1.165) is 33.6 Å². The van der Waals surface area contributed by atoms with Gasteiger partial charge in [-0.1, -0.05) is 29.7 Å². The minimum Gasteiger partial charge on any atom is -0.495 e. The van der Waals surface area contributed by atoms with Gasteiger partial charge < -0.3 is 10.5 Å². The third-order valence-corrected chi connectivity index (χ3v) is 3.45. The molecule has 104 valence electrons. The number of aromatic amines is 1. The van der Waals surface area contributed by atoms with Crippen LogP contribution in [0.15, 0.2) is 23.4 Å². The van der Waals surface area contributed by atoms with Crippen LogP contribution in [0.4, 0.5) is 0 Å². The lowest BCUT2D eigenvalue weighted by Crippen LogP contribution is -1.94. The molecule has 1 heterocycles. The van der Waals surface area contributed by atoms with E-state index >= 15 is 0 Å². The molecule has 0 saturated heterocycles. The Morgan fingerprint density at radius 3 is 2.95 bits per heavy atom. The van der Waals surface area contributed by atoms with E-state index in [0.29, 0.717) is 6.54 Å². The molecule has 3 N–H and O–H groups in total. The highest BCUT2D eigenvalue weighted by atomic mass is 32.2. The average molecular weight is 288 g/mol. The number of hydrogen-bond donors (Lipinski definition) is 2. The van der Waals surface area contributed by atoms with Crippen LogP contribution in [-0.2, 0) is 5.75 Å². The van der Waals surface area contributed by atoms with Crippen molar-refractivity contribution < 1.29 is 4.74 Å². The molecule has 5 nitrogen and oxygen atoms in total. The van der Waals surface area contributed by atoms with Crippen molar-refractivity contribution in [2.24, 2.45) is 5.73 Å². The molecule has 0 radical (unpaired) electrons. The van der Waals surface area contributed by atoms with Crippen molar-refractivity contribution >= 4 is 11.8 Å². The fraction of sp³-hybridized carbons (Fsp3) is 0.286. The van der Waals surface area contributed by atoms with Crippen molar-refractivity contribution in [3.05, 3.63) is 35.2 Å². The van der Waals surface area contributed by atoms with Crippen LogP contribution >= 0.6 is 11.8 Å². The predicted molar refractivity (Wildman–Crippen MR) is 79.6 cm³/mol. The zero-order valence-corrected chi connectivity index (χ0v) is 12.3. The first-order valence-corrected chi connectivity index (χ1v) is 7.09. The van der Waals surface area contributed by atoms with Gasteiger partial charge in [-0.15, -0.1) is 5.10 Å². The van der Waals surface area contributed by atoms with Crippen LogP contribution in [0.25, 0.3) is 0 Å². The first-order valence-electron chi connectivity index (χ1n) is 6.10. The summed E-state index contributed by atoms with van der Waals surface area (Å²) >= 11 is 1.57. The lowest BCUT2D eigenvalue weighted by atomic mass is 10.1. The minimum absolute atomic E-state index is 0.332. The monoisotopic (exact) mass is 288 g/mol. The summed E-state index contributed by atoms with van der Waals surface area (Å²) in [5.74, 6) is 8.22. The van der Waals surface area contributed by atoms with E-state index in [2.05, 4.69) is 27.0 Å². The lowest BCUT2D eigenvalue weighted by Gasteiger charge is -2.05. The molecule has 1 aromatic heterocycles. The minimum atomic E-state index is 0.332. The van der Waals surface area contributed by atoms with Gasteiger partial charge in [-0.3, -0.25) is 5.10 Å². The highest BCUT2D eigenvalue weighted by Gasteiger charge is 2.05. The summed E-state index contributed by atoms with van der Waals surface area (Å²) in [6.07, 6.45) is 0. The number of nitrogens with two attached hydrogens (primary N) is 1. The molecular weight excluding hydrogens is 272 g/mol. The van der Waals surface area contributed by atoms with Crippen LogP contribution in [0.2, 0.25) is 0 Å². The van der Waals surface area contributed by atoms with E-state index in [1.54, 1.807) is 18.9 Å². The maximum Gasteiger partial charge on any atom is 0.208 e. The van der Waals surface area contributed by atoms with Gasteiger partial charge in [0.05, 0.1) is 19.2 Å². The van der Waals surface area contributed by atoms with Gasteiger partial charge in [0.2, 0.25) is 5.16 Å². The van der Waals surface area contributed by atoms with Crippen molar-refractivity contribution in [1.82, 2.24) is 15.2 Å². The van der Waals surface area contributed by atoms with Crippen molar-refractivity contribution in [2.75, 3.05) is 13.7 Å². The van der Waals surface area contributed by atoms with Gasteiger partial charge in [-0.25, -0.2) is 4.98 Å². The van der Waals surface area contributed by atoms with Crippen LogP contribution in [0.3, 0.4) is 0 Å². The Balaban J connectivity index is 2.12. The number of thioether (sulfide) groups is 1. The molecule has 0 unspecified atom stereocenters. The van der Waals surface area contributed by atoms with Crippen LogP contribution < -0.4 is 10.5 Å². The first kappa shape index (κ1) is 14.4. The Kier molecular flexibility index (Phi) is 5.04. The number of H-pyrrole nitrogens is 1. The van der Waals surface area contributed by atoms with E-state index in [-0.39, 0.29) is 0 Å². The highest BCUT2D eigenvalue weighted by molar-refractivity contribution is 7.98. The zero-order valence-electron chi connectivity index (χ0n) is 11.4. The Bertz CT molecular complexity index is 642.